The first-order chi connectivity index (χ1) is 10.2. The molecule has 1 saturated heterocycles. The first-order valence-corrected chi connectivity index (χ1v) is 7.23. The minimum atomic E-state index is -0.728. The Bertz CT molecular complexity index is 648. The van der Waals surface area contributed by atoms with E-state index in [1.165, 1.54) is 28.9 Å². The summed E-state index contributed by atoms with van der Waals surface area (Å²) in [7, 11) is 0. The molecule has 1 amide bonds. The molecule has 2 aromatic rings. The van der Waals surface area contributed by atoms with Crippen LogP contribution in [0.4, 0.5) is 14.5 Å². The molecule has 21 heavy (non-hydrogen) atoms. The van der Waals surface area contributed by atoms with Crippen molar-refractivity contribution < 1.29 is 13.6 Å². The van der Waals surface area contributed by atoms with E-state index in [1.54, 1.807) is 12.4 Å². The minimum absolute atomic E-state index is 0.273. The van der Waals surface area contributed by atoms with Crippen LogP contribution in [0.25, 0.3) is 0 Å². The average Bonchev–Trinajstić information content (AvgIpc) is 2.82. The highest BCUT2D eigenvalue weighted by Crippen LogP contribution is 2.34. The summed E-state index contributed by atoms with van der Waals surface area (Å²) in [6.07, 6.45) is 5.15. The van der Waals surface area contributed by atoms with Gasteiger partial charge in [-0.25, -0.2) is 13.8 Å². The van der Waals surface area contributed by atoms with Gasteiger partial charge in [-0.1, -0.05) is 17.8 Å². The lowest BCUT2D eigenvalue weighted by molar-refractivity contribution is -0.116. The molecule has 7 heteroatoms. The van der Waals surface area contributed by atoms with Crippen molar-refractivity contribution in [3.05, 3.63) is 48.4 Å². The zero-order chi connectivity index (χ0) is 14.8. The van der Waals surface area contributed by atoms with E-state index < -0.39 is 16.9 Å². The van der Waals surface area contributed by atoms with Crippen molar-refractivity contribution in [2.24, 2.45) is 0 Å². The molecule has 2 heterocycles. The van der Waals surface area contributed by atoms with Gasteiger partial charge in [0.25, 0.3) is 0 Å². The molecule has 1 aliphatic heterocycles. The predicted molar refractivity (Wildman–Crippen MR) is 75.0 cm³/mol. The molecule has 1 aromatic heterocycles. The maximum atomic E-state index is 13.8. The zero-order valence-corrected chi connectivity index (χ0v) is 11.7. The van der Waals surface area contributed by atoms with Gasteiger partial charge in [0.1, 0.15) is 22.3 Å². The van der Waals surface area contributed by atoms with Crippen LogP contribution >= 0.6 is 11.8 Å². The molecule has 0 spiro atoms. The van der Waals surface area contributed by atoms with E-state index >= 15 is 0 Å². The largest absolute Gasteiger partial charge is 0.306 e. The van der Waals surface area contributed by atoms with Crippen molar-refractivity contribution in [2.75, 3.05) is 11.4 Å². The van der Waals surface area contributed by atoms with E-state index in [4.69, 9.17) is 0 Å². The van der Waals surface area contributed by atoms with Gasteiger partial charge in [0.15, 0.2) is 0 Å². The highest BCUT2D eigenvalue weighted by Gasteiger charge is 2.36. The Morgan fingerprint density at radius 2 is 2.00 bits per heavy atom. The number of amides is 1. The Morgan fingerprint density at radius 1 is 1.24 bits per heavy atom. The number of carbonyl (C=O) groups is 1. The maximum Gasteiger partial charge on any atom is 0.240 e. The number of carbonyl (C=O) groups excluding carboxylic acids is 1. The van der Waals surface area contributed by atoms with Crippen LogP contribution in [-0.4, -0.2) is 27.7 Å². The Morgan fingerprint density at radius 3 is 2.67 bits per heavy atom. The van der Waals surface area contributed by atoms with Gasteiger partial charge in [-0.05, 0) is 18.6 Å². The highest BCUT2D eigenvalue weighted by molar-refractivity contribution is 8.00. The molecule has 0 aliphatic carbocycles. The molecule has 4 nitrogen and oxygen atoms in total. The Hall–Kier alpha value is -2.02. The molecule has 0 saturated carbocycles. The lowest BCUT2D eigenvalue weighted by Gasteiger charge is -2.18. The minimum Gasteiger partial charge on any atom is -0.306 e. The number of halogens is 2. The first kappa shape index (κ1) is 13.9. The summed E-state index contributed by atoms with van der Waals surface area (Å²) in [4.78, 5) is 21.5. The Balaban J connectivity index is 1.81. The summed E-state index contributed by atoms with van der Waals surface area (Å²) in [5, 5.41) is 0.215. The summed E-state index contributed by atoms with van der Waals surface area (Å²) >= 11 is 1.26. The normalized spacial score (nSPS) is 18.3. The molecule has 1 fully saturated rings. The third-order valence-corrected chi connectivity index (χ3v) is 4.34. The van der Waals surface area contributed by atoms with Crippen molar-refractivity contribution in [1.82, 2.24) is 9.97 Å². The number of nitrogens with zero attached hydrogens (tertiary/aromatic N) is 3. The lowest BCUT2D eigenvalue weighted by atomic mass is 10.2. The fourth-order valence-corrected chi connectivity index (χ4v) is 3.21. The number of rotatable bonds is 3. The number of hydrogen-bond donors (Lipinski definition) is 0. The summed E-state index contributed by atoms with van der Waals surface area (Å²) in [6.45, 7) is 0.286. The van der Waals surface area contributed by atoms with E-state index in [2.05, 4.69) is 9.97 Å². The zero-order valence-electron chi connectivity index (χ0n) is 10.9. The summed E-state index contributed by atoms with van der Waals surface area (Å²) < 4.78 is 27.5. The maximum absolute atomic E-state index is 13.8. The second-order valence-electron chi connectivity index (χ2n) is 4.50. The fraction of sp³-hybridized carbons (Fsp3) is 0.214. The van der Waals surface area contributed by atoms with Crippen LogP contribution in [0.3, 0.4) is 0 Å². The smallest absolute Gasteiger partial charge is 0.240 e. The molecule has 1 aliphatic rings. The van der Waals surface area contributed by atoms with Gasteiger partial charge >= 0.3 is 0 Å². The van der Waals surface area contributed by atoms with Gasteiger partial charge in [0.05, 0.1) is 11.4 Å². The number of benzene rings is 1. The van der Waals surface area contributed by atoms with E-state index in [9.17, 15) is 13.6 Å². The number of aromatic nitrogens is 2. The van der Waals surface area contributed by atoms with Crippen molar-refractivity contribution in [3.63, 3.8) is 0 Å². The Labute approximate surface area is 124 Å². The van der Waals surface area contributed by atoms with Crippen LogP contribution < -0.4 is 4.90 Å². The molecular weight excluding hydrogens is 296 g/mol. The van der Waals surface area contributed by atoms with Crippen LogP contribution in [0.5, 0.6) is 0 Å². The van der Waals surface area contributed by atoms with E-state index in [1.807, 2.05) is 0 Å². The lowest BCUT2D eigenvalue weighted by Crippen LogP contribution is -2.29. The summed E-state index contributed by atoms with van der Waals surface area (Å²) in [5.41, 5.74) is -0.273. The van der Waals surface area contributed by atoms with Crippen LogP contribution in [0.15, 0.2) is 41.8 Å². The van der Waals surface area contributed by atoms with Crippen LogP contribution in [0, 0.1) is 11.6 Å². The number of para-hydroxylation sites is 1. The fourth-order valence-electron chi connectivity index (χ4n) is 2.22. The van der Waals surface area contributed by atoms with Gasteiger partial charge in [0, 0.05) is 18.9 Å². The topological polar surface area (TPSA) is 46.1 Å². The van der Waals surface area contributed by atoms with Crippen molar-refractivity contribution in [2.45, 2.75) is 16.7 Å². The van der Waals surface area contributed by atoms with Gasteiger partial charge in [-0.3, -0.25) is 9.78 Å². The van der Waals surface area contributed by atoms with Crippen molar-refractivity contribution >= 4 is 23.4 Å². The second kappa shape index (κ2) is 5.77. The van der Waals surface area contributed by atoms with E-state index in [0.29, 0.717) is 11.4 Å². The van der Waals surface area contributed by atoms with E-state index in [0.717, 1.165) is 12.1 Å². The van der Waals surface area contributed by atoms with Crippen LogP contribution in [-0.2, 0) is 4.79 Å². The quantitative estimate of drug-likeness (QED) is 0.874. The molecule has 1 atom stereocenters. The predicted octanol–water partition coefficient (Wildman–Crippen LogP) is 2.65. The third kappa shape index (κ3) is 2.73. The molecule has 108 valence electrons. The van der Waals surface area contributed by atoms with E-state index in [-0.39, 0.29) is 18.1 Å². The molecule has 0 radical (unpaired) electrons. The van der Waals surface area contributed by atoms with Gasteiger partial charge in [-0.2, -0.15) is 0 Å². The first-order valence-electron chi connectivity index (χ1n) is 6.35. The third-order valence-electron chi connectivity index (χ3n) is 3.17. The average molecular weight is 307 g/mol. The monoisotopic (exact) mass is 307 g/mol. The number of hydrogen-bond acceptors (Lipinski definition) is 4. The standard InChI is InChI=1S/C14H11F2N3OS/c15-9-2-1-3-10(16)13(9)19-7-4-11(14(19)20)21-12-8-17-5-6-18-12/h1-3,5-6,8,11H,4,7H2. The number of anilines is 1. The van der Waals surface area contributed by atoms with Gasteiger partial charge < -0.3 is 4.90 Å². The summed E-state index contributed by atoms with van der Waals surface area (Å²) in [5.74, 6) is -1.77. The van der Waals surface area contributed by atoms with Crippen molar-refractivity contribution in [3.8, 4) is 0 Å². The molecule has 0 N–H and O–H groups in total. The SMILES string of the molecule is O=C1C(Sc2cnccn2)CCN1c1c(F)cccc1F. The van der Waals surface area contributed by atoms with Crippen LogP contribution in [0.2, 0.25) is 0 Å². The second-order valence-corrected chi connectivity index (χ2v) is 5.72. The van der Waals surface area contributed by atoms with Crippen molar-refractivity contribution in [1.29, 1.82) is 0 Å². The van der Waals surface area contributed by atoms with Gasteiger partial charge in [-0.15, -0.1) is 0 Å². The number of thioether (sulfide) groups is 1. The molecular formula is C14H11F2N3OS. The molecule has 0 bridgehead atoms. The molecule has 1 unspecified atom stereocenters. The van der Waals surface area contributed by atoms with Gasteiger partial charge in [0.2, 0.25) is 5.91 Å². The van der Waals surface area contributed by atoms with Crippen LogP contribution in [0.1, 0.15) is 6.42 Å². The Kier molecular flexibility index (Phi) is 3.83. The molecule has 1 aromatic carbocycles. The highest BCUT2D eigenvalue weighted by atomic mass is 32.2. The summed E-state index contributed by atoms with van der Waals surface area (Å²) in [6, 6.07) is 3.57. The molecule has 3 rings (SSSR count).